The highest BCUT2D eigenvalue weighted by Crippen LogP contribution is 2.15. The summed E-state index contributed by atoms with van der Waals surface area (Å²) in [5.74, 6) is -0.195. The maximum atomic E-state index is 12.1. The lowest BCUT2D eigenvalue weighted by Crippen LogP contribution is -2.50. The van der Waals surface area contributed by atoms with E-state index in [-0.39, 0.29) is 43.5 Å². The topological polar surface area (TPSA) is 94.1 Å². The molecule has 2 aliphatic rings. The van der Waals surface area contributed by atoms with Crippen LogP contribution in [0.2, 0.25) is 0 Å². The summed E-state index contributed by atoms with van der Waals surface area (Å²) in [5.41, 5.74) is 0. The quantitative estimate of drug-likeness (QED) is 0.459. The van der Waals surface area contributed by atoms with Gasteiger partial charge in [0.05, 0.1) is 31.7 Å². The van der Waals surface area contributed by atoms with Gasteiger partial charge in [0.2, 0.25) is 11.8 Å². The van der Waals surface area contributed by atoms with Gasteiger partial charge in [-0.2, -0.15) is 0 Å². The van der Waals surface area contributed by atoms with E-state index in [0.717, 1.165) is 19.6 Å². The monoisotopic (exact) mass is 382 g/mol. The molecule has 2 aliphatic heterocycles. The average molecular weight is 383 g/mol. The van der Waals surface area contributed by atoms with Gasteiger partial charge in [-0.3, -0.25) is 9.59 Å². The number of ether oxygens (including phenoxy) is 1. The number of likely N-dealkylation sites (N-methyl/N-ethyl adjacent to an activating group) is 1. The van der Waals surface area contributed by atoms with Crippen LogP contribution in [0.15, 0.2) is 12.2 Å². The Morgan fingerprint density at radius 3 is 2.59 bits per heavy atom. The zero-order chi connectivity index (χ0) is 19.6. The predicted octanol–water partition coefficient (Wildman–Crippen LogP) is -0.659. The highest BCUT2D eigenvalue weighted by Gasteiger charge is 2.29. The lowest BCUT2D eigenvalue weighted by atomic mass is 10.0. The summed E-state index contributed by atoms with van der Waals surface area (Å²) in [6.45, 7) is 3.80. The third-order valence-electron chi connectivity index (χ3n) is 4.84. The normalized spacial score (nSPS) is 26.1. The second-order valence-corrected chi connectivity index (χ2v) is 7.57. The molecule has 0 saturated carbocycles. The Hall–Kier alpha value is -1.48. The molecule has 3 N–H and O–H groups in total. The fourth-order valence-corrected chi connectivity index (χ4v) is 3.45. The van der Waals surface area contributed by atoms with Gasteiger partial charge in [-0.15, -0.1) is 0 Å². The lowest BCUT2D eigenvalue weighted by Gasteiger charge is -2.32. The fourth-order valence-electron chi connectivity index (χ4n) is 3.45. The molecule has 8 nitrogen and oxygen atoms in total. The van der Waals surface area contributed by atoms with Crippen molar-refractivity contribution in [3.05, 3.63) is 12.2 Å². The maximum absolute atomic E-state index is 12.1. The van der Waals surface area contributed by atoms with Gasteiger partial charge in [0.25, 0.3) is 0 Å². The third kappa shape index (κ3) is 7.96. The first kappa shape index (κ1) is 21.8. The van der Waals surface area contributed by atoms with E-state index in [0.29, 0.717) is 6.54 Å². The van der Waals surface area contributed by atoms with Crippen molar-refractivity contribution in [3.8, 4) is 0 Å². The van der Waals surface area contributed by atoms with Crippen LogP contribution in [0, 0.1) is 0 Å². The minimum absolute atomic E-state index is 0.0616. The molecule has 0 radical (unpaired) electrons. The molecule has 0 bridgehead atoms. The number of amides is 2. The van der Waals surface area contributed by atoms with Crippen LogP contribution < -0.4 is 10.6 Å². The van der Waals surface area contributed by atoms with E-state index in [1.165, 1.54) is 19.3 Å². The molecule has 0 aliphatic carbocycles. The first-order chi connectivity index (χ1) is 13.0. The molecule has 0 aromatic rings. The van der Waals surface area contributed by atoms with E-state index >= 15 is 0 Å². The number of aliphatic hydroxyl groups excluding tert-OH is 1. The molecule has 3 atom stereocenters. The van der Waals surface area contributed by atoms with Crippen LogP contribution >= 0.6 is 0 Å². The van der Waals surface area contributed by atoms with Crippen molar-refractivity contribution < 1.29 is 19.4 Å². The number of carbonyl (C=O) groups is 2. The summed E-state index contributed by atoms with van der Waals surface area (Å²) < 4.78 is 5.78. The molecule has 2 rings (SSSR count). The van der Waals surface area contributed by atoms with Gasteiger partial charge >= 0.3 is 0 Å². The zero-order valence-corrected chi connectivity index (χ0v) is 16.5. The minimum Gasteiger partial charge on any atom is -0.394 e. The Bertz CT molecular complexity index is 506. The molecule has 8 heteroatoms. The second kappa shape index (κ2) is 11.4. The van der Waals surface area contributed by atoms with Gasteiger partial charge in [-0.05, 0) is 40.0 Å². The molecule has 0 aromatic heterocycles. The zero-order valence-electron chi connectivity index (χ0n) is 16.5. The van der Waals surface area contributed by atoms with Gasteiger partial charge in [0.15, 0.2) is 0 Å². The standard InChI is InChI=1S/C19H34N4O4/c1-22(2)13-19(26)21-16-7-6-15(27-17(16)14-24)12-18(25)20-8-11-23-9-4-3-5-10-23/h6-7,15-17,24H,3-5,8-14H2,1-2H3,(H,20,25)(H,21,26)/t15-,16-,17+/m1/s1. The molecule has 0 spiro atoms. The Morgan fingerprint density at radius 1 is 1.19 bits per heavy atom. The van der Waals surface area contributed by atoms with E-state index in [2.05, 4.69) is 15.5 Å². The van der Waals surface area contributed by atoms with Crippen LogP contribution in [0.3, 0.4) is 0 Å². The molecule has 154 valence electrons. The number of piperidine rings is 1. The predicted molar refractivity (Wildman–Crippen MR) is 103 cm³/mol. The smallest absolute Gasteiger partial charge is 0.234 e. The number of nitrogens with zero attached hydrogens (tertiary/aromatic N) is 2. The molecule has 27 heavy (non-hydrogen) atoms. The van der Waals surface area contributed by atoms with Gasteiger partial charge in [0.1, 0.15) is 6.10 Å². The number of hydrogen-bond acceptors (Lipinski definition) is 6. The number of hydrogen-bond donors (Lipinski definition) is 3. The number of carbonyl (C=O) groups excluding carboxylic acids is 2. The molecule has 1 saturated heterocycles. The molecule has 0 aromatic carbocycles. The number of nitrogens with one attached hydrogen (secondary N) is 2. The highest BCUT2D eigenvalue weighted by atomic mass is 16.5. The van der Waals surface area contributed by atoms with Crippen LogP contribution in [0.1, 0.15) is 25.7 Å². The Labute approximate surface area is 161 Å². The molecule has 2 amide bonds. The van der Waals surface area contributed by atoms with Crippen molar-refractivity contribution in [2.45, 2.75) is 43.9 Å². The summed E-state index contributed by atoms with van der Waals surface area (Å²) >= 11 is 0. The van der Waals surface area contributed by atoms with Crippen LogP contribution in [0.25, 0.3) is 0 Å². The maximum Gasteiger partial charge on any atom is 0.234 e. The van der Waals surface area contributed by atoms with Crippen molar-refractivity contribution in [2.75, 3.05) is 53.4 Å². The summed E-state index contributed by atoms with van der Waals surface area (Å²) in [5, 5.41) is 15.3. The summed E-state index contributed by atoms with van der Waals surface area (Å²) in [4.78, 5) is 28.2. The van der Waals surface area contributed by atoms with E-state index in [4.69, 9.17) is 4.74 Å². The highest BCUT2D eigenvalue weighted by molar-refractivity contribution is 5.78. The molecule has 1 fully saturated rings. The van der Waals surface area contributed by atoms with Crippen LogP contribution in [-0.2, 0) is 14.3 Å². The first-order valence-electron chi connectivity index (χ1n) is 9.85. The third-order valence-corrected chi connectivity index (χ3v) is 4.84. The molecular formula is C19H34N4O4. The molecular weight excluding hydrogens is 348 g/mol. The van der Waals surface area contributed by atoms with Crippen molar-refractivity contribution in [1.82, 2.24) is 20.4 Å². The van der Waals surface area contributed by atoms with Crippen molar-refractivity contribution in [2.24, 2.45) is 0 Å². The second-order valence-electron chi connectivity index (χ2n) is 7.57. The number of rotatable bonds is 9. The van der Waals surface area contributed by atoms with Gasteiger partial charge in [0, 0.05) is 13.1 Å². The Morgan fingerprint density at radius 2 is 1.93 bits per heavy atom. The minimum atomic E-state index is -0.549. The van der Waals surface area contributed by atoms with Crippen LogP contribution in [0.5, 0.6) is 0 Å². The van der Waals surface area contributed by atoms with Crippen LogP contribution in [-0.4, -0.2) is 98.4 Å². The molecule has 2 heterocycles. The SMILES string of the molecule is CN(C)CC(=O)N[C@@H]1C=C[C@H](CC(=O)NCCN2CCCCC2)O[C@H]1CO. The van der Waals surface area contributed by atoms with Gasteiger partial charge in [-0.1, -0.05) is 18.6 Å². The van der Waals surface area contributed by atoms with Crippen molar-refractivity contribution in [1.29, 1.82) is 0 Å². The van der Waals surface area contributed by atoms with Crippen molar-refractivity contribution in [3.63, 3.8) is 0 Å². The van der Waals surface area contributed by atoms with E-state index < -0.39 is 6.10 Å². The van der Waals surface area contributed by atoms with E-state index in [9.17, 15) is 14.7 Å². The number of aliphatic hydroxyl groups is 1. The van der Waals surface area contributed by atoms with Gasteiger partial charge in [-0.25, -0.2) is 0 Å². The fraction of sp³-hybridized carbons (Fsp3) is 0.789. The first-order valence-corrected chi connectivity index (χ1v) is 9.85. The van der Waals surface area contributed by atoms with Crippen LogP contribution in [0.4, 0.5) is 0 Å². The van der Waals surface area contributed by atoms with E-state index in [1.807, 2.05) is 20.2 Å². The number of likely N-dealkylation sites (tertiary alicyclic amines) is 1. The van der Waals surface area contributed by atoms with Crippen molar-refractivity contribution >= 4 is 11.8 Å². The lowest BCUT2D eigenvalue weighted by molar-refractivity contribution is -0.128. The van der Waals surface area contributed by atoms with Gasteiger partial charge < -0.3 is 30.3 Å². The summed E-state index contributed by atoms with van der Waals surface area (Å²) in [7, 11) is 3.63. The Balaban J connectivity index is 1.72. The summed E-state index contributed by atoms with van der Waals surface area (Å²) in [6, 6.07) is -0.388. The molecule has 0 unspecified atom stereocenters. The average Bonchev–Trinajstić information content (AvgIpc) is 2.63. The largest absolute Gasteiger partial charge is 0.394 e. The Kier molecular flexibility index (Phi) is 9.20. The van der Waals surface area contributed by atoms with E-state index in [1.54, 1.807) is 11.0 Å². The summed E-state index contributed by atoms with van der Waals surface area (Å²) in [6.07, 6.45) is 6.65.